The summed E-state index contributed by atoms with van der Waals surface area (Å²) in [5.74, 6) is 0.0412. The van der Waals surface area contributed by atoms with Crippen LogP contribution in [0.25, 0.3) is 0 Å². The van der Waals surface area contributed by atoms with Crippen LogP contribution < -0.4 is 10.6 Å². The van der Waals surface area contributed by atoms with E-state index in [0.717, 1.165) is 44.5 Å². The van der Waals surface area contributed by atoms with E-state index >= 15 is 0 Å². The van der Waals surface area contributed by atoms with Crippen molar-refractivity contribution in [1.29, 1.82) is 0 Å². The van der Waals surface area contributed by atoms with Gasteiger partial charge in [-0.05, 0) is 54.7 Å². The highest BCUT2D eigenvalue weighted by Gasteiger charge is 2.36. The molecule has 2 N–H and O–H groups in total. The fourth-order valence-electron chi connectivity index (χ4n) is 3.14. The van der Waals surface area contributed by atoms with Crippen molar-refractivity contribution < 1.29 is 9.59 Å². The Morgan fingerprint density at radius 2 is 2.19 bits per heavy atom. The van der Waals surface area contributed by atoms with E-state index < -0.39 is 0 Å². The third kappa shape index (κ3) is 3.44. The molecule has 0 bridgehead atoms. The van der Waals surface area contributed by atoms with Gasteiger partial charge in [0.1, 0.15) is 6.04 Å². The summed E-state index contributed by atoms with van der Waals surface area (Å²) >= 11 is 1.58. The second-order valence-corrected chi connectivity index (χ2v) is 6.51. The molecule has 2 fully saturated rings. The minimum absolute atomic E-state index is 0.0566. The van der Waals surface area contributed by atoms with Gasteiger partial charge in [-0.3, -0.25) is 9.59 Å². The number of rotatable bonds is 4. The van der Waals surface area contributed by atoms with Crippen molar-refractivity contribution in [3.05, 3.63) is 22.4 Å². The lowest BCUT2D eigenvalue weighted by atomic mass is 10.1. The van der Waals surface area contributed by atoms with E-state index in [0.29, 0.717) is 12.5 Å². The topological polar surface area (TPSA) is 61.4 Å². The smallest absolute Gasteiger partial charge is 0.245 e. The van der Waals surface area contributed by atoms with Crippen LogP contribution in [0.3, 0.4) is 0 Å². The molecule has 1 atom stereocenters. The molecule has 0 spiro atoms. The summed E-state index contributed by atoms with van der Waals surface area (Å²) in [6.45, 7) is 2.72. The largest absolute Gasteiger partial charge is 0.344 e. The average molecular weight is 307 g/mol. The Balaban J connectivity index is 1.52. The lowest BCUT2D eigenvalue weighted by Gasteiger charge is -2.31. The fourth-order valence-corrected chi connectivity index (χ4v) is 3.81. The van der Waals surface area contributed by atoms with Gasteiger partial charge in [0.2, 0.25) is 11.8 Å². The van der Waals surface area contributed by atoms with Gasteiger partial charge < -0.3 is 15.5 Å². The van der Waals surface area contributed by atoms with Gasteiger partial charge in [0.05, 0.1) is 6.42 Å². The third-order valence-corrected chi connectivity index (χ3v) is 5.00. The minimum Gasteiger partial charge on any atom is -0.344 e. The van der Waals surface area contributed by atoms with Gasteiger partial charge in [0.15, 0.2) is 0 Å². The van der Waals surface area contributed by atoms with Crippen LogP contribution in [-0.4, -0.2) is 48.4 Å². The normalized spacial score (nSPS) is 23.5. The minimum atomic E-state index is -0.328. The summed E-state index contributed by atoms with van der Waals surface area (Å²) < 4.78 is 0. The molecule has 2 aliphatic heterocycles. The molecule has 1 aromatic heterocycles. The molecule has 3 heterocycles. The number of nitrogens with one attached hydrogen (secondary N) is 2. The second-order valence-electron chi connectivity index (χ2n) is 5.73. The summed E-state index contributed by atoms with van der Waals surface area (Å²) in [6.07, 6.45) is 3.13. The van der Waals surface area contributed by atoms with Crippen molar-refractivity contribution in [2.24, 2.45) is 0 Å². The van der Waals surface area contributed by atoms with Crippen LogP contribution >= 0.6 is 11.3 Å². The van der Waals surface area contributed by atoms with E-state index in [2.05, 4.69) is 10.6 Å². The zero-order valence-corrected chi connectivity index (χ0v) is 12.8. The van der Waals surface area contributed by atoms with E-state index in [9.17, 15) is 9.59 Å². The van der Waals surface area contributed by atoms with Gasteiger partial charge in [-0.15, -0.1) is 0 Å². The van der Waals surface area contributed by atoms with Crippen LogP contribution in [0.2, 0.25) is 0 Å². The van der Waals surface area contributed by atoms with E-state index in [4.69, 9.17) is 0 Å². The Kier molecular flexibility index (Phi) is 4.55. The van der Waals surface area contributed by atoms with Gasteiger partial charge >= 0.3 is 0 Å². The number of nitrogens with zero attached hydrogens (tertiary/aromatic N) is 1. The number of piperidine rings is 1. The quantitative estimate of drug-likeness (QED) is 0.863. The summed E-state index contributed by atoms with van der Waals surface area (Å²) in [5, 5.41) is 10.1. The Morgan fingerprint density at radius 3 is 2.90 bits per heavy atom. The van der Waals surface area contributed by atoms with Crippen LogP contribution in [0.4, 0.5) is 0 Å². The Morgan fingerprint density at radius 1 is 1.38 bits per heavy atom. The molecule has 2 amide bonds. The highest BCUT2D eigenvalue weighted by atomic mass is 32.1. The van der Waals surface area contributed by atoms with Crippen LogP contribution in [-0.2, 0) is 16.0 Å². The lowest BCUT2D eigenvalue weighted by molar-refractivity contribution is -0.134. The zero-order chi connectivity index (χ0) is 14.7. The molecule has 6 heteroatoms. The maximum atomic E-state index is 12.4. The SMILES string of the molecule is O=C(Cc1ccsc1)NC1CCN(C2CCNCC2)C1=O. The summed E-state index contributed by atoms with van der Waals surface area (Å²) in [6, 6.07) is 1.96. The molecule has 21 heavy (non-hydrogen) atoms. The number of carbonyl (C=O) groups excluding carboxylic acids is 2. The Bertz CT molecular complexity index is 497. The number of carbonyl (C=O) groups is 2. The fraction of sp³-hybridized carbons (Fsp3) is 0.600. The first-order valence-corrected chi connectivity index (χ1v) is 8.50. The Hall–Kier alpha value is -1.40. The number of likely N-dealkylation sites (tertiary alicyclic amines) is 1. The van der Waals surface area contributed by atoms with E-state index in [1.165, 1.54) is 0 Å². The Labute approximate surface area is 128 Å². The first kappa shape index (κ1) is 14.5. The van der Waals surface area contributed by atoms with Crippen LogP contribution in [0, 0.1) is 0 Å². The van der Waals surface area contributed by atoms with Crippen molar-refractivity contribution in [3.63, 3.8) is 0 Å². The third-order valence-electron chi connectivity index (χ3n) is 4.27. The number of thiophene rings is 1. The van der Waals surface area contributed by atoms with Crippen LogP contribution in [0.1, 0.15) is 24.8 Å². The number of amides is 2. The van der Waals surface area contributed by atoms with Crippen molar-refractivity contribution in [1.82, 2.24) is 15.5 Å². The number of hydrogen-bond acceptors (Lipinski definition) is 4. The molecule has 1 unspecified atom stereocenters. The molecular formula is C15H21N3O2S. The second kappa shape index (κ2) is 6.58. The van der Waals surface area contributed by atoms with Crippen molar-refractivity contribution in [3.8, 4) is 0 Å². The predicted molar refractivity (Wildman–Crippen MR) is 82.2 cm³/mol. The molecule has 3 rings (SSSR count). The maximum absolute atomic E-state index is 12.4. The molecule has 0 saturated carbocycles. The molecule has 114 valence electrons. The molecule has 0 radical (unpaired) electrons. The number of hydrogen-bond donors (Lipinski definition) is 2. The molecule has 2 saturated heterocycles. The summed E-state index contributed by atoms with van der Waals surface area (Å²) in [7, 11) is 0. The standard InChI is InChI=1S/C15H21N3O2S/c19-14(9-11-4-8-21-10-11)17-13-3-7-18(15(13)20)12-1-5-16-6-2-12/h4,8,10,12-13,16H,1-3,5-7,9H2,(H,17,19). The first-order chi connectivity index (χ1) is 10.2. The van der Waals surface area contributed by atoms with E-state index in [-0.39, 0.29) is 17.9 Å². The van der Waals surface area contributed by atoms with E-state index in [1.807, 2.05) is 21.7 Å². The monoisotopic (exact) mass is 307 g/mol. The predicted octanol–water partition coefficient (Wildman–Crippen LogP) is 0.760. The molecule has 0 aliphatic carbocycles. The first-order valence-electron chi connectivity index (χ1n) is 7.55. The highest BCUT2D eigenvalue weighted by molar-refractivity contribution is 7.07. The van der Waals surface area contributed by atoms with Crippen LogP contribution in [0.5, 0.6) is 0 Å². The molecule has 1 aromatic rings. The molecule has 5 nitrogen and oxygen atoms in total. The average Bonchev–Trinajstić information content (AvgIpc) is 3.11. The summed E-state index contributed by atoms with van der Waals surface area (Å²) in [5.41, 5.74) is 1.01. The van der Waals surface area contributed by atoms with Gasteiger partial charge in [-0.25, -0.2) is 0 Å². The van der Waals surface area contributed by atoms with Crippen molar-refractivity contribution in [2.45, 2.75) is 37.8 Å². The van der Waals surface area contributed by atoms with Gasteiger partial charge in [0.25, 0.3) is 0 Å². The molecule has 0 aromatic carbocycles. The lowest BCUT2D eigenvalue weighted by Crippen LogP contribution is -2.48. The van der Waals surface area contributed by atoms with Gasteiger partial charge in [-0.1, -0.05) is 0 Å². The zero-order valence-electron chi connectivity index (χ0n) is 12.0. The van der Waals surface area contributed by atoms with Gasteiger partial charge in [0, 0.05) is 12.6 Å². The molecular weight excluding hydrogens is 286 g/mol. The van der Waals surface area contributed by atoms with Crippen LogP contribution in [0.15, 0.2) is 16.8 Å². The molecule has 2 aliphatic rings. The summed E-state index contributed by atoms with van der Waals surface area (Å²) in [4.78, 5) is 26.4. The highest BCUT2D eigenvalue weighted by Crippen LogP contribution is 2.20. The van der Waals surface area contributed by atoms with E-state index in [1.54, 1.807) is 11.3 Å². The van der Waals surface area contributed by atoms with Gasteiger partial charge in [-0.2, -0.15) is 11.3 Å². The maximum Gasteiger partial charge on any atom is 0.245 e. The van der Waals surface area contributed by atoms with Crippen molar-refractivity contribution in [2.75, 3.05) is 19.6 Å². The van der Waals surface area contributed by atoms with Crippen molar-refractivity contribution >= 4 is 23.2 Å².